The minimum Gasteiger partial charge on any atom is -0.496 e. The number of hydrogen-bond donors (Lipinski definition) is 3. The molecule has 1 atom stereocenters. The molecule has 2 rings (SSSR count). The lowest BCUT2D eigenvalue weighted by molar-refractivity contribution is -0.125. The van der Waals surface area contributed by atoms with Gasteiger partial charge in [-0.05, 0) is 31.4 Å². The van der Waals surface area contributed by atoms with E-state index in [0.717, 1.165) is 11.1 Å². The minimum absolute atomic E-state index is 0.174. The van der Waals surface area contributed by atoms with E-state index in [1.807, 2.05) is 32.0 Å². The topological polar surface area (TPSA) is 96.5 Å². The predicted molar refractivity (Wildman–Crippen MR) is 104 cm³/mol. The van der Waals surface area contributed by atoms with Gasteiger partial charge in [-0.3, -0.25) is 14.4 Å². The summed E-state index contributed by atoms with van der Waals surface area (Å²) in [5.41, 5.74) is 1.92. The number of amides is 3. The van der Waals surface area contributed by atoms with Gasteiger partial charge in [-0.25, -0.2) is 0 Å². The lowest BCUT2D eigenvalue weighted by Crippen LogP contribution is -2.42. The highest BCUT2D eigenvalue weighted by atomic mass is 32.1. The Kier molecular flexibility index (Phi) is 7.36. The first-order valence-corrected chi connectivity index (χ1v) is 9.31. The molecule has 0 aliphatic rings. The molecule has 0 unspecified atom stereocenters. The van der Waals surface area contributed by atoms with Crippen LogP contribution in [0.2, 0.25) is 0 Å². The lowest BCUT2D eigenvalue weighted by atomic mass is 10.0. The van der Waals surface area contributed by atoms with Crippen molar-refractivity contribution in [3.8, 4) is 5.75 Å². The first-order valence-electron chi connectivity index (χ1n) is 8.43. The van der Waals surface area contributed by atoms with Crippen molar-refractivity contribution < 1.29 is 19.1 Å². The molecule has 3 N–H and O–H groups in total. The quantitative estimate of drug-likeness (QED) is 0.641. The van der Waals surface area contributed by atoms with Crippen molar-refractivity contribution in [2.24, 2.45) is 0 Å². The van der Waals surface area contributed by atoms with Crippen LogP contribution in [0.15, 0.2) is 35.7 Å². The molecule has 1 aromatic carbocycles. The fourth-order valence-corrected chi connectivity index (χ4v) is 3.10. The molecule has 3 amide bonds. The Bertz CT molecular complexity index is 805. The minimum atomic E-state index is -0.434. The van der Waals surface area contributed by atoms with Gasteiger partial charge < -0.3 is 20.7 Å². The van der Waals surface area contributed by atoms with E-state index in [2.05, 4.69) is 16.0 Å². The van der Waals surface area contributed by atoms with Gasteiger partial charge in [0.05, 0.1) is 31.1 Å². The van der Waals surface area contributed by atoms with E-state index in [1.165, 1.54) is 11.3 Å². The average molecular weight is 389 g/mol. The van der Waals surface area contributed by atoms with E-state index in [4.69, 9.17) is 4.74 Å². The smallest absolute Gasteiger partial charge is 0.261 e. The maximum absolute atomic E-state index is 12.1. The van der Waals surface area contributed by atoms with Crippen LogP contribution in [0.25, 0.3) is 0 Å². The Labute approximate surface area is 162 Å². The monoisotopic (exact) mass is 389 g/mol. The van der Waals surface area contributed by atoms with Crippen LogP contribution in [-0.4, -0.2) is 37.9 Å². The zero-order valence-electron chi connectivity index (χ0n) is 15.5. The van der Waals surface area contributed by atoms with Crippen LogP contribution in [0.1, 0.15) is 33.8 Å². The van der Waals surface area contributed by atoms with Crippen LogP contribution in [-0.2, 0) is 9.59 Å². The number of thiophene rings is 1. The summed E-state index contributed by atoms with van der Waals surface area (Å²) in [6, 6.07) is 8.89. The van der Waals surface area contributed by atoms with Gasteiger partial charge in [0.1, 0.15) is 5.75 Å². The zero-order valence-corrected chi connectivity index (χ0v) is 16.3. The van der Waals surface area contributed by atoms with Gasteiger partial charge in [0, 0.05) is 5.56 Å². The van der Waals surface area contributed by atoms with Gasteiger partial charge in [0.25, 0.3) is 5.91 Å². The molecule has 27 heavy (non-hydrogen) atoms. The highest BCUT2D eigenvalue weighted by molar-refractivity contribution is 7.12. The number of nitrogens with one attached hydrogen (secondary N) is 3. The number of methoxy groups -OCH3 is 1. The molecule has 1 aromatic heterocycles. The van der Waals surface area contributed by atoms with Crippen molar-refractivity contribution in [2.75, 3.05) is 20.2 Å². The molecule has 7 nitrogen and oxygen atoms in total. The summed E-state index contributed by atoms with van der Waals surface area (Å²) >= 11 is 1.29. The summed E-state index contributed by atoms with van der Waals surface area (Å²) < 4.78 is 5.33. The largest absolute Gasteiger partial charge is 0.496 e. The predicted octanol–water partition coefficient (Wildman–Crippen LogP) is 1.79. The van der Waals surface area contributed by atoms with Crippen molar-refractivity contribution in [1.29, 1.82) is 0 Å². The number of hydrogen-bond acceptors (Lipinski definition) is 5. The van der Waals surface area contributed by atoms with Crippen LogP contribution in [0.4, 0.5) is 0 Å². The number of benzene rings is 1. The van der Waals surface area contributed by atoms with Crippen molar-refractivity contribution in [3.63, 3.8) is 0 Å². The average Bonchev–Trinajstić information content (AvgIpc) is 3.19. The van der Waals surface area contributed by atoms with Crippen molar-refractivity contribution in [3.05, 3.63) is 51.7 Å². The molecule has 0 spiro atoms. The van der Waals surface area contributed by atoms with E-state index >= 15 is 0 Å². The van der Waals surface area contributed by atoms with E-state index in [9.17, 15) is 14.4 Å². The van der Waals surface area contributed by atoms with Gasteiger partial charge in [-0.2, -0.15) is 0 Å². The van der Waals surface area contributed by atoms with Crippen LogP contribution in [0.5, 0.6) is 5.75 Å². The fraction of sp³-hybridized carbons (Fsp3) is 0.316. The highest BCUT2D eigenvalue weighted by Gasteiger charge is 2.15. The lowest BCUT2D eigenvalue weighted by Gasteiger charge is -2.18. The van der Waals surface area contributed by atoms with Crippen LogP contribution in [0.3, 0.4) is 0 Å². The number of ether oxygens (including phenoxy) is 1. The van der Waals surface area contributed by atoms with E-state index in [-0.39, 0.29) is 30.9 Å². The molecule has 0 saturated heterocycles. The van der Waals surface area contributed by atoms with Crippen LogP contribution < -0.4 is 20.7 Å². The fourth-order valence-electron chi connectivity index (χ4n) is 2.46. The van der Waals surface area contributed by atoms with Gasteiger partial charge in [0.2, 0.25) is 11.8 Å². The Morgan fingerprint density at radius 2 is 1.85 bits per heavy atom. The molecule has 0 bridgehead atoms. The van der Waals surface area contributed by atoms with Crippen molar-refractivity contribution in [1.82, 2.24) is 16.0 Å². The van der Waals surface area contributed by atoms with E-state index in [0.29, 0.717) is 10.6 Å². The molecule has 2 aromatic rings. The van der Waals surface area contributed by atoms with Gasteiger partial charge in [-0.1, -0.05) is 23.8 Å². The Balaban J connectivity index is 1.77. The Morgan fingerprint density at radius 3 is 2.52 bits per heavy atom. The van der Waals surface area contributed by atoms with Crippen molar-refractivity contribution >= 4 is 29.1 Å². The molecule has 0 fully saturated rings. The third-order valence-corrected chi connectivity index (χ3v) is 4.70. The maximum Gasteiger partial charge on any atom is 0.261 e. The number of aryl methyl sites for hydroxylation is 1. The molecule has 144 valence electrons. The summed E-state index contributed by atoms with van der Waals surface area (Å²) in [7, 11) is 1.58. The molecule has 8 heteroatoms. The van der Waals surface area contributed by atoms with Crippen LogP contribution >= 0.6 is 11.3 Å². The number of rotatable bonds is 8. The van der Waals surface area contributed by atoms with Crippen molar-refractivity contribution in [2.45, 2.75) is 19.9 Å². The molecule has 0 aliphatic heterocycles. The summed E-state index contributed by atoms with van der Waals surface area (Å²) in [4.78, 5) is 36.2. The summed E-state index contributed by atoms with van der Waals surface area (Å²) in [6.07, 6.45) is 0. The normalized spacial score (nSPS) is 11.4. The maximum atomic E-state index is 12.1. The molecule has 0 saturated carbocycles. The summed E-state index contributed by atoms with van der Waals surface area (Å²) in [5.74, 6) is -0.390. The first-order chi connectivity index (χ1) is 12.9. The third kappa shape index (κ3) is 6.10. The second-order valence-corrected chi connectivity index (χ2v) is 6.92. The molecular weight excluding hydrogens is 366 g/mol. The number of carbonyl (C=O) groups excluding carboxylic acids is 3. The van der Waals surface area contributed by atoms with E-state index < -0.39 is 5.91 Å². The number of carbonyl (C=O) groups is 3. The Hall–Kier alpha value is -2.87. The summed E-state index contributed by atoms with van der Waals surface area (Å²) in [6.45, 7) is 3.44. The van der Waals surface area contributed by atoms with Crippen LogP contribution in [0, 0.1) is 6.92 Å². The van der Waals surface area contributed by atoms with Gasteiger partial charge in [-0.15, -0.1) is 11.3 Å². The SMILES string of the molecule is COc1ccc(C)cc1[C@@H](C)NC(=O)CNC(=O)CNC(=O)c1cccs1. The standard InChI is InChI=1S/C19H23N3O4S/c1-12-6-7-15(26-3)14(9-12)13(2)22-18(24)11-20-17(23)10-21-19(25)16-5-4-8-27-16/h4-9,13H,10-11H2,1-3H3,(H,20,23)(H,21,25)(H,22,24)/t13-/m1/s1. The molecule has 0 aliphatic carbocycles. The zero-order chi connectivity index (χ0) is 19.8. The molecule has 1 heterocycles. The van der Waals surface area contributed by atoms with Gasteiger partial charge >= 0.3 is 0 Å². The van der Waals surface area contributed by atoms with E-state index in [1.54, 1.807) is 24.6 Å². The molecule has 0 radical (unpaired) electrons. The molecular formula is C19H23N3O4S. The van der Waals surface area contributed by atoms with Gasteiger partial charge in [0.15, 0.2) is 0 Å². The summed E-state index contributed by atoms with van der Waals surface area (Å²) in [5, 5.41) is 9.60. The second-order valence-electron chi connectivity index (χ2n) is 5.97. The Morgan fingerprint density at radius 1 is 1.11 bits per heavy atom. The first kappa shape index (κ1) is 20.4. The highest BCUT2D eigenvalue weighted by Crippen LogP contribution is 2.25. The third-order valence-electron chi connectivity index (χ3n) is 3.83. The second kappa shape index (κ2) is 9.72.